The second-order valence-corrected chi connectivity index (χ2v) is 4.38. The molecule has 1 aliphatic carbocycles. The molecule has 0 spiro atoms. The van der Waals surface area contributed by atoms with Crippen LogP contribution < -0.4 is 0 Å². The zero-order valence-electron chi connectivity index (χ0n) is 8.36. The van der Waals surface area contributed by atoms with Gasteiger partial charge in [-0.2, -0.15) is 0 Å². The second kappa shape index (κ2) is 4.45. The predicted molar refractivity (Wildman–Crippen MR) is 61.4 cm³/mol. The molecule has 0 N–H and O–H groups in total. The van der Waals surface area contributed by atoms with Gasteiger partial charge in [0.1, 0.15) is 11.5 Å². The molecule has 3 heteroatoms. The summed E-state index contributed by atoms with van der Waals surface area (Å²) in [6.07, 6.45) is 3.93. The molecule has 0 unspecified atom stereocenters. The summed E-state index contributed by atoms with van der Waals surface area (Å²) in [4.78, 5) is 12.2. The maximum Gasteiger partial charge on any atom is 0.159 e. The van der Waals surface area contributed by atoms with Crippen LogP contribution in [0.2, 0.25) is 0 Å². The Kier molecular flexibility index (Phi) is 3.02. The van der Waals surface area contributed by atoms with Gasteiger partial charge in [0.25, 0.3) is 0 Å². The second-order valence-electron chi connectivity index (χ2n) is 3.43. The van der Waals surface area contributed by atoms with Crippen molar-refractivity contribution in [3.63, 3.8) is 0 Å². The molecule has 0 saturated carbocycles. The fourth-order valence-electron chi connectivity index (χ4n) is 1.49. The lowest BCUT2D eigenvalue weighted by atomic mass is 10.1. The van der Waals surface area contributed by atoms with Crippen molar-refractivity contribution in [1.82, 2.24) is 0 Å². The fraction of sp³-hybridized carbons (Fsp3) is 0.250. The molecule has 0 aromatic carbocycles. The summed E-state index contributed by atoms with van der Waals surface area (Å²) in [5.41, 5.74) is 0. The third-order valence-corrected chi connectivity index (χ3v) is 3.13. The van der Waals surface area contributed by atoms with Gasteiger partial charge in [-0.3, -0.25) is 4.79 Å². The topological polar surface area (TPSA) is 26.3 Å². The summed E-state index contributed by atoms with van der Waals surface area (Å²) >= 11 is 1.58. The maximum absolute atomic E-state index is 11.2. The molecule has 78 valence electrons. The predicted octanol–water partition coefficient (Wildman–Crippen LogP) is 3.37. The van der Waals surface area contributed by atoms with Crippen molar-refractivity contribution in [2.75, 3.05) is 0 Å². The summed E-state index contributed by atoms with van der Waals surface area (Å²) in [7, 11) is 0. The first-order chi connectivity index (χ1) is 7.25. The van der Waals surface area contributed by atoms with Crippen molar-refractivity contribution < 1.29 is 9.53 Å². The molecule has 0 bridgehead atoms. The lowest BCUT2D eigenvalue weighted by Gasteiger charge is -2.14. The van der Waals surface area contributed by atoms with Crippen molar-refractivity contribution in [3.05, 3.63) is 40.8 Å². The van der Waals surface area contributed by atoms with E-state index in [0.29, 0.717) is 12.2 Å². The van der Waals surface area contributed by atoms with Gasteiger partial charge in [-0.1, -0.05) is 12.6 Å². The minimum Gasteiger partial charge on any atom is -0.461 e. The first-order valence-electron chi connectivity index (χ1n) is 4.90. The molecule has 1 aromatic rings. The van der Waals surface area contributed by atoms with Crippen LogP contribution in [0.4, 0.5) is 0 Å². The van der Waals surface area contributed by atoms with E-state index < -0.39 is 0 Å². The molecule has 15 heavy (non-hydrogen) atoms. The largest absolute Gasteiger partial charge is 0.461 e. The Hall–Kier alpha value is -1.35. The minimum absolute atomic E-state index is 0.148. The van der Waals surface area contributed by atoms with Gasteiger partial charge >= 0.3 is 0 Å². The van der Waals surface area contributed by atoms with Crippen LogP contribution in [0.5, 0.6) is 0 Å². The Balaban J connectivity index is 2.03. The van der Waals surface area contributed by atoms with Crippen LogP contribution in [-0.4, -0.2) is 5.78 Å². The molecule has 1 heterocycles. The van der Waals surface area contributed by atoms with Gasteiger partial charge in [0.15, 0.2) is 5.78 Å². The monoisotopic (exact) mass is 220 g/mol. The zero-order valence-corrected chi connectivity index (χ0v) is 9.18. The highest BCUT2D eigenvalue weighted by molar-refractivity contribution is 7.11. The van der Waals surface area contributed by atoms with Crippen molar-refractivity contribution in [1.29, 1.82) is 0 Å². The van der Waals surface area contributed by atoms with E-state index in [1.165, 1.54) is 0 Å². The minimum atomic E-state index is 0.148. The third kappa shape index (κ3) is 2.57. The Morgan fingerprint density at radius 2 is 2.33 bits per heavy atom. The van der Waals surface area contributed by atoms with Gasteiger partial charge in [0.2, 0.25) is 0 Å². The SMILES string of the molecule is C=C(OC1=CC(=O)CCC1)c1cccs1. The van der Waals surface area contributed by atoms with Gasteiger partial charge in [-0.05, 0) is 17.9 Å². The maximum atomic E-state index is 11.2. The highest BCUT2D eigenvalue weighted by Crippen LogP contribution is 2.25. The van der Waals surface area contributed by atoms with Gasteiger partial charge in [0, 0.05) is 18.9 Å². The van der Waals surface area contributed by atoms with E-state index in [1.54, 1.807) is 17.4 Å². The smallest absolute Gasteiger partial charge is 0.159 e. The van der Waals surface area contributed by atoms with Crippen LogP contribution in [0.25, 0.3) is 5.76 Å². The van der Waals surface area contributed by atoms with Crippen LogP contribution in [0.3, 0.4) is 0 Å². The van der Waals surface area contributed by atoms with Gasteiger partial charge in [-0.25, -0.2) is 0 Å². The molecular formula is C12H12O2S. The number of hydrogen-bond acceptors (Lipinski definition) is 3. The van der Waals surface area contributed by atoms with E-state index in [0.717, 1.165) is 23.5 Å². The highest BCUT2D eigenvalue weighted by Gasteiger charge is 2.12. The Bertz CT molecular complexity index is 401. The summed E-state index contributed by atoms with van der Waals surface area (Å²) in [6.45, 7) is 3.85. The van der Waals surface area contributed by atoms with Crippen molar-refractivity contribution in [2.24, 2.45) is 0 Å². The number of ketones is 1. The molecule has 2 nitrogen and oxygen atoms in total. The summed E-state index contributed by atoms with van der Waals surface area (Å²) in [5.74, 6) is 1.52. The molecule has 0 aliphatic heterocycles. The van der Waals surface area contributed by atoms with Crippen molar-refractivity contribution in [2.45, 2.75) is 19.3 Å². The van der Waals surface area contributed by atoms with Crippen LogP contribution in [-0.2, 0) is 9.53 Å². The first-order valence-corrected chi connectivity index (χ1v) is 5.78. The number of carbonyl (C=O) groups excluding carboxylic acids is 1. The van der Waals surface area contributed by atoms with E-state index in [-0.39, 0.29) is 5.78 Å². The first kappa shape index (κ1) is 10.2. The zero-order chi connectivity index (χ0) is 10.7. The molecule has 0 fully saturated rings. The van der Waals surface area contributed by atoms with Gasteiger partial charge in [-0.15, -0.1) is 11.3 Å². The normalized spacial score (nSPS) is 16.0. The quantitative estimate of drug-likeness (QED) is 0.730. The van der Waals surface area contributed by atoms with Crippen molar-refractivity contribution in [3.8, 4) is 0 Å². The highest BCUT2D eigenvalue weighted by atomic mass is 32.1. The number of carbonyl (C=O) groups is 1. The number of rotatable bonds is 3. The van der Waals surface area contributed by atoms with E-state index in [2.05, 4.69) is 6.58 Å². The van der Waals surface area contributed by atoms with Crippen molar-refractivity contribution >= 4 is 22.9 Å². The van der Waals surface area contributed by atoms with Gasteiger partial charge in [0.05, 0.1) is 4.88 Å². The van der Waals surface area contributed by atoms with Gasteiger partial charge < -0.3 is 4.74 Å². The molecule has 1 aromatic heterocycles. The van der Waals surface area contributed by atoms with E-state index in [9.17, 15) is 4.79 Å². The molecule has 0 atom stereocenters. The molecule has 2 rings (SSSR count). The molecule has 0 amide bonds. The molecule has 1 aliphatic rings. The molecule has 0 saturated heterocycles. The lowest BCUT2D eigenvalue weighted by Crippen LogP contribution is -2.04. The average Bonchev–Trinajstić information content (AvgIpc) is 2.70. The summed E-state index contributed by atoms with van der Waals surface area (Å²) in [6, 6.07) is 3.91. The molecule has 0 radical (unpaired) electrons. The number of thiophene rings is 1. The van der Waals surface area contributed by atoms with E-state index >= 15 is 0 Å². The van der Waals surface area contributed by atoms with Crippen LogP contribution >= 0.6 is 11.3 Å². The third-order valence-electron chi connectivity index (χ3n) is 2.22. The number of allylic oxidation sites excluding steroid dienone is 2. The number of ether oxygens (including phenoxy) is 1. The number of hydrogen-bond donors (Lipinski definition) is 0. The van der Waals surface area contributed by atoms with Crippen LogP contribution in [0.1, 0.15) is 24.1 Å². The fourth-order valence-corrected chi connectivity index (χ4v) is 2.12. The molecular weight excluding hydrogens is 208 g/mol. The Morgan fingerprint density at radius 1 is 1.47 bits per heavy atom. The summed E-state index contributed by atoms with van der Waals surface area (Å²) < 4.78 is 5.56. The Morgan fingerprint density at radius 3 is 3.00 bits per heavy atom. The lowest BCUT2D eigenvalue weighted by molar-refractivity contribution is -0.115. The van der Waals surface area contributed by atoms with Crippen LogP contribution in [0, 0.1) is 0 Å². The van der Waals surface area contributed by atoms with Crippen LogP contribution in [0.15, 0.2) is 35.9 Å². The average molecular weight is 220 g/mol. The van der Waals surface area contributed by atoms with E-state index in [1.807, 2.05) is 17.5 Å². The Labute approximate surface area is 92.9 Å². The standard InChI is InChI=1S/C12H12O2S/c1-9(12-6-3-7-15-12)14-11-5-2-4-10(13)8-11/h3,6-8H,1-2,4-5H2. The summed E-state index contributed by atoms with van der Waals surface area (Å²) in [5, 5.41) is 1.98. The van der Waals surface area contributed by atoms with E-state index in [4.69, 9.17) is 4.74 Å².